The molecule has 5 heteroatoms. The van der Waals surface area contributed by atoms with E-state index in [1.165, 1.54) is 6.26 Å². The minimum Gasteiger partial charge on any atom is -0.296 e. The van der Waals surface area contributed by atoms with E-state index in [-0.39, 0.29) is 17.4 Å². The lowest BCUT2D eigenvalue weighted by Gasteiger charge is -2.22. The van der Waals surface area contributed by atoms with Crippen molar-refractivity contribution in [1.29, 1.82) is 0 Å². The predicted molar refractivity (Wildman–Crippen MR) is 53.1 cm³/mol. The van der Waals surface area contributed by atoms with Crippen molar-refractivity contribution in [3.63, 3.8) is 0 Å². The average molecular weight is 209 g/mol. The fraction of sp³-hybridized carbons (Fsp3) is 1.00. The minimum absolute atomic E-state index is 0.0864. The molecule has 0 heterocycles. The molecule has 0 aromatic carbocycles. The fourth-order valence-corrected chi connectivity index (χ4v) is 1.74. The first-order valence-corrected chi connectivity index (χ1v) is 6.27. The molecule has 80 valence electrons. The third-order valence-corrected chi connectivity index (χ3v) is 2.22. The highest BCUT2D eigenvalue weighted by Gasteiger charge is 2.15. The van der Waals surface area contributed by atoms with Gasteiger partial charge in [0, 0.05) is 12.3 Å². The van der Waals surface area contributed by atoms with E-state index in [9.17, 15) is 8.42 Å². The van der Waals surface area contributed by atoms with Crippen molar-refractivity contribution in [2.24, 2.45) is 0 Å². The first-order chi connectivity index (χ1) is 5.60. The van der Waals surface area contributed by atoms with E-state index < -0.39 is 9.84 Å². The normalized spacial score (nSPS) is 15.8. The van der Waals surface area contributed by atoms with Crippen LogP contribution in [-0.4, -0.2) is 32.1 Å². The van der Waals surface area contributed by atoms with Crippen LogP contribution < -0.4 is 5.48 Å². The molecular weight excluding hydrogens is 190 g/mol. The highest BCUT2D eigenvalue weighted by Crippen LogP contribution is 2.04. The summed E-state index contributed by atoms with van der Waals surface area (Å²) in [7, 11) is -2.93. The molecule has 0 rings (SSSR count). The lowest BCUT2D eigenvalue weighted by molar-refractivity contribution is -0.0830. The van der Waals surface area contributed by atoms with Crippen LogP contribution >= 0.6 is 0 Å². The molecule has 0 bridgehead atoms. The second-order valence-corrected chi connectivity index (χ2v) is 6.51. The summed E-state index contributed by atoms with van der Waals surface area (Å²) in [5, 5.41) is 0. The van der Waals surface area contributed by atoms with E-state index in [2.05, 4.69) is 5.48 Å². The van der Waals surface area contributed by atoms with Crippen molar-refractivity contribution < 1.29 is 13.3 Å². The molecular formula is C8H19NO3S. The predicted octanol–water partition coefficient (Wildman–Crippen LogP) is 0.739. The quantitative estimate of drug-likeness (QED) is 0.694. The molecule has 0 aromatic rings. The van der Waals surface area contributed by atoms with Crippen LogP contribution in [-0.2, 0) is 14.7 Å². The lowest BCUT2D eigenvalue weighted by Crippen LogP contribution is -2.38. The summed E-state index contributed by atoms with van der Waals surface area (Å²) in [6.07, 6.45) is 1.21. The zero-order chi connectivity index (χ0) is 10.7. The van der Waals surface area contributed by atoms with Crippen molar-refractivity contribution in [1.82, 2.24) is 5.48 Å². The summed E-state index contributed by atoms with van der Waals surface area (Å²) in [6, 6.07) is -0.186. The average Bonchev–Trinajstić information content (AvgIpc) is 1.78. The molecule has 0 saturated carbocycles. The van der Waals surface area contributed by atoms with Gasteiger partial charge >= 0.3 is 0 Å². The number of hydroxylamine groups is 1. The third-order valence-electron chi connectivity index (χ3n) is 1.12. The van der Waals surface area contributed by atoms with E-state index in [1.807, 2.05) is 20.8 Å². The molecule has 0 aliphatic rings. The van der Waals surface area contributed by atoms with Gasteiger partial charge in [0.15, 0.2) is 0 Å². The van der Waals surface area contributed by atoms with Crippen molar-refractivity contribution in [3.8, 4) is 0 Å². The van der Waals surface area contributed by atoms with Gasteiger partial charge in [0.1, 0.15) is 9.84 Å². The maximum absolute atomic E-state index is 10.9. The van der Waals surface area contributed by atoms with E-state index >= 15 is 0 Å². The molecule has 1 atom stereocenters. The van der Waals surface area contributed by atoms with Crippen LogP contribution in [0.15, 0.2) is 0 Å². The van der Waals surface area contributed by atoms with Crippen LogP contribution in [0.4, 0.5) is 0 Å². The summed E-state index contributed by atoms with van der Waals surface area (Å²) < 4.78 is 21.7. The summed E-state index contributed by atoms with van der Waals surface area (Å²) >= 11 is 0. The Morgan fingerprint density at radius 2 is 1.85 bits per heavy atom. The molecule has 13 heavy (non-hydrogen) atoms. The molecule has 0 aliphatic heterocycles. The van der Waals surface area contributed by atoms with Crippen molar-refractivity contribution in [2.45, 2.75) is 39.3 Å². The monoisotopic (exact) mass is 209 g/mol. The highest BCUT2D eigenvalue weighted by atomic mass is 32.2. The van der Waals surface area contributed by atoms with Gasteiger partial charge in [-0.3, -0.25) is 4.84 Å². The van der Waals surface area contributed by atoms with Gasteiger partial charge in [-0.25, -0.2) is 8.42 Å². The van der Waals surface area contributed by atoms with Crippen LogP contribution in [0, 0.1) is 0 Å². The number of sulfone groups is 1. The first-order valence-electron chi connectivity index (χ1n) is 4.21. The van der Waals surface area contributed by atoms with Gasteiger partial charge in [0.05, 0.1) is 11.4 Å². The molecule has 1 unspecified atom stereocenters. The van der Waals surface area contributed by atoms with Gasteiger partial charge < -0.3 is 0 Å². The minimum atomic E-state index is -2.93. The van der Waals surface area contributed by atoms with E-state index in [0.717, 1.165) is 0 Å². The van der Waals surface area contributed by atoms with Gasteiger partial charge in [0.2, 0.25) is 0 Å². The maximum Gasteiger partial charge on any atom is 0.149 e. The van der Waals surface area contributed by atoms with E-state index in [0.29, 0.717) is 0 Å². The molecule has 0 amide bonds. The topological polar surface area (TPSA) is 55.4 Å². The second-order valence-electron chi connectivity index (χ2n) is 4.33. The Kier molecular flexibility index (Phi) is 4.35. The van der Waals surface area contributed by atoms with Gasteiger partial charge in [-0.05, 0) is 27.7 Å². The molecule has 0 saturated heterocycles. The molecule has 0 aromatic heterocycles. The summed E-state index contributed by atoms with van der Waals surface area (Å²) in [5.41, 5.74) is 2.40. The Labute approximate surface area is 80.5 Å². The number of nitrogens with one attached hydrogen (secondary N) is 1. The molecule has 1 N–H and O–H groups in total. The maximum atomic E-state index is 10.9. The number of hydrogen-bond acceptors (Lipinski definition) is 4. The number of hydrogen-bond donors (Lipinski definition) is 1. The van der Waals surface area contributed by atoms with Crippen LogP contribution in [0.5, 0.6) is 0 Å². The zero-order valence-corrected chi connectivity index (χ0v) is 9.73. The molecule has 0 radical (unpaired) electrons. The number of rotatable bonds is 4. The van der Waals surface area contributed by atoms with E-state index in [1.54, 1.807) is 6.92 Å². The highest BCUT2D eigenvalue weighted by molar-refractivity contribution is 7.90. The Morgan fingerprint density at radius 1 is 1.38 bits per heavy atom. The standard InChI is InChI=1S/C8H19NO3S/c1-7(6-13(5,10)11)9-12-8(2,3)4/h7,9H,6H2,1-5H3. The van der Waals surface area contributed by atoms with Crippen molar-refractivity contribution in [2.75, 3.05) is 12.0 Å². The van der Waals surface area contributed by atoms with Crippen LogP contribution in [0.1, 0.15) is 27.7 Å². The first kappa shape index (κ1) is 12.9. The van der Waals surface area contributed by atoms with Crippen molar-refractivity contribution in [3.05, 3.63) is 0 Å². The van der Waals surface area contributed by atoms with Gasteiger partial charge in [-0.1, -0.05) is 0 Å². The molecule has 0 fully saturated rings. The van der Waals surface area contributed by atoms with Crippen molar-refractivity contribution >= 4 is 9.84 Å². The Bertz CT molecular complexity index is 241. The summed E-state index contributed by atoms with van der Waals surface area (Å²) in [6.45, 7) is 7.46. The SMILES string of the molecule is CC(CS(C)(=O)=O)NOC(C)(C)C. The smallest absolute Gasteiger partial charge is 0.149 e. The molecule has 4 nitrogen and oxygen atoms in total. The van der Waals surface area contributed by atoms with Gasteiger partial charge in [-0.15, -0.1) is 0 Å². The van der Waals surface area contributed by atoms with Gasteiger partial charge in [0.25, 0.3) is 0 Å². The Balaban J connectivity index is 3.84. The molecule has 0 spiro atoms. The van der Waals surface area contributed by atoms with Crippen LogP contribution in [0.2, 0.25) is 0 Å². The van der Waals surface area contributed by atoms with Crippen LogP contribution in [0.3, 0.4) is 0 Å². The summed E-state index contributed by atoms with van der Waals surface area (Å²) in [5.74, 6) is 0.0864. The largest absolute Gasteiger partial charge is 0.296 e. The Hall–Kier alpha value is -0.130. The lowest BCUT2D eigenvalue weighted by atomic mass is 10.2. The molecule has 0 aliphatic carbocycles. The second kappa shape index (κ2) is 4.39. The third kappa shape index (κ3) is 9.79. The van der Waals surface area contributed by atoms with Gasteiger partial charge in [-0.2, -0.15) is 5.48 Å². The fourth-order valence-electron chi connectivity index (χ4n) is 0.766. The van der Waals surface area contributed by atoms with Crippen LogP contribution in [0.25, 0.3) is 0 Å². The Morgan fingerprint density at radius 3 is 2.15 bits per heavy atom. The summed E-state index contributed by atoms with van der Waals surface area (Å²) in [4.78, 5) is 5.22. The zero-order valence-electron chi connectivity index (χ0n) is 8.92. The van der Waals surface area contributed by atoms with E-state index in [4.69, 9.17) is 4.84 Å².